The van der Waals surface area contributed by atoms with Crippen LogP contribution in [0.1, 0.15) is 36.9 Å². The highest BCUT2D eigenvalue weighted by molar-refractivity contribution is 5.98. The van der Waals surface area contributed by atoms with Gasteiger partial charge in [-0.25, -0.2) is 10.3 Å². The summed E-state index contributed by atoms with van der Waals surface area (Å²) in [5, 5.41) is 20.4. The fourth-order valence-electron chi connectivity index (χ4n) is 5.13. The lowest BCUT2D eigenvalue weighted by Crippen LogP contribution is -2.56. The smallest absolute Gasteiger partial charge is 0.489 e. The number of amides is 2. The molecule has 2 atom stereocenters. The van der Waals surface area contributed by atoms with Crippen molar-refractivity contribution in [2.24, 2.45) is 11.8 Å². The molecule has 1 aliphatic carbocycles. The standard InChI is InChI=1S/C28H32N4O4.C2HF3O2/c1-18-15-20(23-5-2-3-7-25(23)29-18)17-36-22-12-10-21(11-13-22)30-28(34)26-24(27(33)31-35)6-4-14-32(26)16-19-8-9-19;3-2(4,5)1(6)7/h2-3,5,7,10-13,15,19,24,26,35H,4,6,8-9,14,16-17H2,1H3,(H,30,34)(H,31,33);(H,6,7)/t24-,26-;/m1./s1. The van der Waals surface area contributed by atoms with E-state index in [4.69, 9.17) is 14.6 Å². The molecule has 2 aromatic carbocycles. The number of nitrogens with zero attached hydrogens (tertiary/aromatic N) is 2. The Morgan fingerprint density at radius 3 is 2.35 bits per heavy atom. The lowest BCUT2D eigenvalue weighted by Gasteiger charge is -2.39. The molecule has 0 unspecified atom stereocenters. The quantitative estimate of drug-likeness (QED) is 0.215. The van der Waals surface area contributed by atoms with Crippen molar-refractivity contribution >= 4 is 34.4 Å². The third-order valence-electron chi connectivity index (χ3n) is 7.33. The number of pyridine rings is 1. The number of hydroxylamine groups is 1. The second kappa shape index (κ2) is 13.8. The number of anilines is 1. The molecule has 43 heavy (non-hydrogen) atoms. The number of para-hydroxylation sites is 1. The fraction of sp³-hybridized carbons (Fsp3) is 0.400. The zero-order valence-electron chi connectivity index (χ0n) is 23.4. The molecule has 2 heterocycles. The van der Waals surface area contributed by atoms with Gasteiger partial charge in [0.15, 0.2) is 0 Å². The van der Waals surface area contributed by atoms with Gasteiger partial charge in [-0.15, -0.1) is 0 Å². The average Bonchev–Trinajstić information content (AvgIpc) is 3.80. The molecule has 3 aromatic rings. The van der Waals surface area contributed by atoms with Crippen LogP contribution in [0.4, 0.5) is 18.9 Å². The van der Waals surface area contributed by atoms with E-state index in [-0.39, 0.29) is 5.91 Å². The number of rotatable bonds is 8. The third-order valence-corrected chi connectivity index (χ3v) is 7.33. The largest absolute Gasteiger partial charge is 0.490 e. The van der Waals surface area contributed by atoms with Crippen LogP contribution >= 0.6 is 0 Å². The number of carboxylic acids is 1. The molecule has 10 nitrogen and oxygen atoms in total. The van der Waals surface area contributed by atoms with Crippen LogP contribution in [0.25, 0.3) is 10.9 Å². The van der Waals surface area contributed by atoms with E-state index in [1.54, 1.807) is 17.6 Å². The molecule has 5 rings (SSSR count). The molecule has 4 N–H and O–H groups in total. The van der Waals surface area contributed by atoms with Crippen molar-refractivity contribution < 1.29 is 42.6 Å². The lowest BCUT2D eigenvalue weighted by atomic mass is 9.87. The molecule has 1 saturated carbocycles. The first-order chi connectivity index (χ1) is 20.5. The van der Waals surface area contributed by atoms with Crippen molar-refractivity contribution in [1.82, 2.24) is 15.4 Å². The van der Waals surface area contributed by atoms with Gasteiger partial charge in [-0.2, -0.15) is 13.2 Å². The lowest BCUT2D eigenvalue weighted by molar-refractivity contribution is -0.192. The molecule has 0 spiro atoms. The summed E-state index contributed by atoms with van der Waals surface area (Å²) in [4.78, 5) is 41.2. The van der Waals surface area contributed by atoms with Gasteiger partial charge in [-0.05, 0) is 81.5 Å². The summed E-state index contributed by atoms with van der Waals surface area (Å²) in [6.45, 7) is 3.97. The van der Waals surface area contributed by atoms with Gasteiger partial charge in [0.1, 0.15) is 18.4 Å². The fourth-order valence-corrected chi connectivity index (χ4v) is 5.13. The van der Waals surface area contributed by atoms with E-state index in [9.17, 15) is 28.0 Å². The summed E-state index contributed by atoms with van der Waals surface area (Å²) in [7, 11) is 0. The number of piperidine rings is 1. The van der Waals surface area contributed by atoms with Gasteiger partial charge < -0.3 is 15.2 Å². The number of aryl methyl sites for hydroxylation is 1. The van der Waals surface area contributed by atoms with Crippen LogP contribution in [0.3, 0.4) is 0 Å². The minimum Gasteiger partial charge on any atom is -0.489 e. The summed E-state index contributed by atoms with van der Waals surface area (Å²) in [6, 6.07) is 16.7. The highest BCUT2D eigenvalue weighted by Crippen LogP contribution is 2.34. The number of likely N-dealkylation sites (tertiary alicyclic amines) is 1. The van der Waals surface area contributed by atoms with Gasteiger partial charge in [0.2, 0.25) is 11.8 Å². The van der Waals surface area contributed by atoms with Gasteiger partial charge in [0, 0.05) is 28.9 Å². The Labute approximate surface area is 245 Å². The van der Waals surface area contributed by atoms with E-state index in [1.165, 1.54) is 0 Å². The van der Waals surface area contributed by atoms with E-state index in [2.05, 4.69) is 15.2 Å². The van der Waals surface area contributed by atoms with Gasteiger partial charge in [-0.3, -0.25) is 24.7 Å². The number of fused-ring (bicyclic) bond motifs is 1. The Hall–Kier alpha value is -4.23. The van der Waals surface area contributed by atoms with E-state index in [0.29, 0.717) is 30.4 Å². The number of ether oxygens (including phenoxy) is 1. The van der Waals surface area contributed by atoms with Crippen LogP contribution in [-0.4, -0.2) is 63.3 Å². The van der Waals surface area contributed by atoms with Gasteiger partial charge in [-0.1, -0.05) is 18.2 Å². The number of alkyl halides is 3. The summed E-state index contributed by atoms with van der Waals surface area (Å²) in [5.74, 6) is -2.78. The van der Waals surface area contributed by atoms with E-state index >= 15 is 0 Å². The predicted molar refractivity (Wildman–Crippen MR) is 150 cm³/mol. The van der Waals surface area contributed by atoms with E-state index in [0.717, 1.165) is 54.5 Å². The maximum atomic E-state index is 13.3. The number of hydrogen-bond donors (Lipinski definition) is 4. The monoisotopic (exact) mass is 602 g/mol. The number of carboxylic acid groups (broad SMARTS) is 1. The first-order valence-corrected chi connectivity index (χ1v) is 13.8. The molecular formula is C30H33F3N4O6. The van der Waals surface area contributed by atoms with Gasteiger partial charge in [0.05, 0.1) is 11.4 Å². The molecule has 2 fully saturated rings. The second-order valence-electron chi connectivity index (χ2n) is 10.7. The van der Waals surface area contributed by atoms with Crippen molar-refractivity contribution in [3.05, 3.63) is 65.9 Å². The number of aliphatic carboxylic acids is 1. The molecule has 2 aliphatic rings. The Bertz CT molecular complexity index is 1450. The topological polar surface area (TPSA) is 141 Å². The van der Waals surface area contributed by atoms with Crippen LogP contribution in [0.15, 0.2) is 54.6 Å². The zero-order chi connectivity index (χ0) is 31.1. The van der Waals surface area contributed by atoms with Crippen molar-refractivity contribution in [3.63, 3.8) is 0 Å². The Kier molecular flexibility index (Phi) is 10.2. The maximum Gasteiger partial charge on any atom is 0.490 e. The maximum absolute atomic E-state index is 13.3. The van der Waals surface area contributed by atoms with Crippen molar-refractivity contribution in [2.75, 3.05) is 18.4 Å². The molecule has 0 radical (unpaired) electrons. The van der Waals surface area contributed by atoms with Crippen LogP contribution in [0.5, 0.6) is 5.75 Å². The molecule has 1 aliphatic heterocycles. The normalized spacial score (nSPS) is 18.7. The average molecular weight is 603 g/mol. The minimum absolute atomic E-state index is 0.226. The Morgan fingerprint density at radius 2 is 1.72 bits per heavy atom. The Balaban J connectivity index is 0.000000541. The number of carbonyl (C=O) groups excluding carboxylic acids is 2. The highest BCUT2D eigenvalue weighted by Gasteiger charge is 2.42. The zero-order valence-corrected chi connectivity index (χ0v) is 23.4. The predicted octanol–water partition coefficient (Wildman–Crippen LogP) is 4.69. The first-order valence-electron chi connectivity index (χ1n) is 13.8. The summed E-state index contributed by atoms with van der Waals surface area (Å²) in [5.41, 5.74) is 5.35. The van der Waals surface area contributed by atoms with E-state index < -0.39 is 30.0 Å². The van der Waals surface area contributed by atoms with Crippen molar-refractivity contribution in [2.45, 2.75) is 51.4 Å². The highest BCUT2D eigenvalue weighted by atomic mass is 19.4. The number of benzene rings is 2. The number of hydrogen-bond acceptors (Lipinski definition) is 7. The summed E-state index contributed by atoms with van der Waals surface area (Å²) >= 11 is 0. The molecule has 13 heteroatoms. The molecule has 2 amide bonds. The van der Waals surface area contributed by atoms with Crippen LogP contribution in [0.2, 0.25) is 0 Å². The number of halogens is 3. The first kappa shape index (κ1) is 31.7. The molecule has 230 valence electrons. The number of aromatic nitrogens is 1. The number of nitrogens with one attached hydrogen (secondary N) is 2. The molecular weight excluding hydrogens is 569 g/mol. The van der Waals surface area contributed by atoms with Crippen molar-refractivity contribution in [1.29, 1.82) is 0 Å². The second-order valence-corrected chi connectivity index (χ2v) is 10.7. The molecule has 1 aromatic heterocycles. The van der Waals surface area contributed by atoms with Crippen molar-refractivity contribution in [3.8, 4) is 5.75 Å². The minimum atomic E-state index is -5.08. The number of carbonyl (C=O) groups is 3. The van der Waals surface area contributed by atoms with Crippen LogP contribution in [0, 0.1) is 18.8 Å². The molecule has 0 bridgehead atoms. The van der Waals surface area contributed by atoms with Gasteiger partial charge >= 0.3 is 12.1 Å². The van der Waals surface area contributed by atoms with E-state index in [1.807, 2.05) is 49.4 Å². The molecule has 1 saturated heterocycles. The Morgan fingerprint density at radius 1 is 1.05 bits per heavy atom. The third kappa shape index (κ3) is 8.64. The van der Waals surface area contributed by atoms with Crippen LogP contribution < -0.4 is 15.5 Å². The summed E-state index contributed by atoms with van der Waals surface area (Å²) < 4.78 is 37.8. The summed E-state index contributed by atoms with van der Waals surface area (Å²) in [6.07, 6.45) is -1.36. The SMILES string of the molecule is Cc1cc(COc2ccc(NC(=O)[C@H]3[C@H](C(=O)NO)CCCN3CC3CC3)cc2)c2ccccc2n1.O=C(O)C(F)(F)F. The van der Waals surface area contributed by atoms with Gasteiger partial charge in [0.25, 0.3) is 0 Å². The van der Waals surface area contributed by atoms with Crippen LogP contribution in [-0.2, 0) is 21.0 Å².